The van der Waals surface area contributed by atoms with Crippen LogP contribution in [-0.2, 0) is 20.5 Å². The van der Waals surface area contributed by atoms with E-state index < -0.39 is 5.60 Å². The van der Waals surface area contributed by atoms with Crippen LogP contribution in [-0.4, -0.2) is 30.3 Å². The molecule has 1 N–H and O–H groups in total. The van der Waals surface area contributed by atoms with Crippen molar-refractivity contribution in [2.75, 3.05) is 20.3 Å². The fourth-order valence-corrected chi connectivity index (χ4v) is 2.53. The number of hydrogen-bond donors (Lipinski definition) is 1. The van der Waals surface area contributed by atoms with Gasteiger partial charge >= 0.3 is 0 Å². The highest BCUT2D eigenvalue weighted by Gasteiger charge is 2.37. The Hall–Kier alpha value is -0.780. The van der Waals surface area contributed by atoms with E-state index in [9.17, 15) is 0 Å². The Balaban J connectivity index is 2.49. The van der Waals surface area contributed by atoms with Gasteiger partial charge in [0.15, 0.2) is 0 Å². The van der Waals surface area contributed by atoms with Gasteiger partial charge in [0.2, 0.25) is 0 Å². The largest absolute Gasteiger partial charge is 0.381 e. The molecule has 0 aromatic carbocycles. The lowest BCUT2D eigenvalue weighted by Gasteiger charge is -2.35. The topological polar surface area (TPSA) is 47.1 Å². The molecule has 0 unspecified atom stereocenters. The zero-order valence-corrected chi connectivity index (χ0v) is 12.9. The van der Waals surface area contributed by atoms with Crippen LogP contribution in [0.15, 0.2) is 6.07 Å². The number of hydrogen-bond acceptors (Lipinski definition) is 4. The summed E-state index contributed by atoms with van der Waals surface area (Å²) in [4.78, 5) is 7.92. The predicted octanol–water partition coefficient (Wildman–Crippen LogP) is 3.09. The quantitative estimate of drug-likeness (QED) is 0.847. The molecule has 0 aliphatic carbocycles. The van der Waals surface area contributed by atoms with Gasteiger partial charge in [0.05, 0.1) is 0 Å². The summed E-state index contributed by atoms with van der Waals surface area (Å²) in [7, 11) is 1.73. The minimum atomic E-state index is -0.396. The number of methoxy groups -OCH3 is 1. The van der Waals surface area contributed by atoms with Gasteiger partial charge in [-0.15, -0.1) is 0 Å². The Kier molecular flexibility index (Phi) is 4.08. The molecule has 1 saturated heterocycles. The SMILES string of the molecule is COC1(c2nc(=S)cc(C(C)(C)C)[nH]2)CCOCC1. The van der Waals surface area contributed by atoms with Crippen molar-refractivity contribution >= 4 is 12.2 Å². The fourth-order valence-electron chi connectivity index (χ4n) is 2.32. The molecule has 0 saturated carbocycles. The summed E-state index contributed by atoms with van der Waals surface area (Å²) in [6.07, 6.45) is 1.60. The van der Waals surface area contributed by atoms with Crippen molar-refractivity contribution in [1.29, 1.82) is 0 Å². The van der Waals surface area contributed by atoms with Crippen LogP contribution in [0.4, 0.5) is 0 Å². The van der Waals surface area contributed by atoms with E-state index in [1.54, 1.807) is 7.11 Å². The second kappa shape index (κ2) is 5.31. The van der Waals surface area contributed by atoms with Crippen molar-refractivity contribution in [3.05, 3.63) is 22.2 Å². The molecule has 4 nitrogen and oxygen atoms in total. The van der Waals surface area contributed by atoms with E-state index in [2.05, 4.69) is 30.7 Å². The minimum Gasteiger partial charge on any atom is -0.381 e. The number of aromatic nitrogens is 2. The number of nitrogens with zero attached hydrogens (tertiary/aromatic N) is 1. The summed E-state index contributed by atoms with van der Waals surface area (Å²) in [6.45, 7) is 7.84. The average Bonchev–Trinajstić information content (AvgIpc) is 2.38. The third kappa shape index (κ3) is 3.04. The van der Waals surface area contributed by atoms with Gasteiger partial charge in [-0.1, -0.05) is 33.0 Å². The van der Waals surface area contributed by atoms with E-state index >= 15 is 0 Å². The highest BCUT2D eigenvalue weighted by molar-refractivity contribution is 7.71. The molecule has 0 atom stereocenters. The van der Waals surface area contributed by atoms with E-state index in [1.807, 2.05) is 6.07 Å². The fraction of sp³-hybridized carbons (Fsp3) is 0.714. The molecule has 2 heterocycles. The molecule has 1 aliphatic heterocycles. The summed E-state index contributed by atoms with van der Waals surface area (Å²) in [5.74, 6) is 0.829. The van der Waals surface area contributed by atoms with Gasteiger partial charge in [0, 0.05) is 44.3 Å². The first-order chi connectivity index (χ1) is 8.87. The van der Waals surface area contributed by atoms with Gasteiger partial charge in [-0.25, -0.2) is 4.98 Å². The lowest BCUT2D eigenvalue weighted by atomic mass is 9.90. The van der Waals surface area contributed by atoms with Crippen LogP contribution in [0.1, 0.15) is 45.1 Å². The van der Waals surface area contributed by atoms with E-state index in [0.717, 1.165) is 24.4 Å². The number of H-pyrrole nitrogens is 1. The van der Waals surface area contributed by atoms with Gasteiger partial charge in [-0.2, -0.15) is 0 Å². The highest BCUT2D eigenvalue weighted by Crippen LogP contribution is 2.34. The van der Waals surface area contributed by atoms with Crippen LogP contribution in [0, 0.1) is 4.64 Å². The summed E-state index contributed by atoms with van der Waals surface area (Å²) < 4.78 is 11.8. The van der Waals surface area contributed by atoms with Gasteiger partial charge < -0.3 is 14.5 Å². The third-order valence-corrected chi connectivity index (χ3v) is 3.88. The smallest absolute Gasteiger partial charge is 0.140 e. The second-order valence-corrected chi connectivity index (χ2v) is 6.46. The standard InChI is InChI=1S/C14H22N2O2S/c1-13(2,3)10-9-11(19)16-12(15-10)14(17-4)5-7-18-8-6-14/h9H,5-8H2,1-4H3,(H,15,16,19). The first kappa shape index (κ1) is 14.6. The third-order valence-electron chi connectivity index (χ3n) is 3.67. The van der Waals surface area contributed by atoms with E-state index in [1.165, 1.54) is 0 Å². The zero-order valence-electron chi connectivity index (χ0n) is 12.1. The Morgan fingerprint density at radius 3 is 2.53 bits per heavy atom. The molecule has 1 fully saturated rings. The molecule has 5 heteroatoms. The molecule has 106 valence electrons. The number of rotatable bonds is 2. The molecule has 0 radical (unpaired) electrons. The van der Waals surface area contributed by atoms with E-state index in [-0.39, 0.29) is 5.41 Å². The number of aromatic amines is 1. The summed E-state index contributed by atoms with van der Waals surface area (Å²) in [5.41, 5.74) is 0.698. The molecule has 19 heavy (non-hydrogen) atoms. The number of nitrogens with one attached hydrogen (secondary N) is 1. The molecule has 0 spiro atoms. The average molecular weight is 282 g/mol. The molecule has 1 aliphatic rings. The Labute approximate surface area is 119 Å². The van der Waals surface area contributed by atoms with E-state index in [0.29, 0.717) is 17.9 Å². The molecule has 0 bridgehead atoms. The van der Waals surface area contributed by atoms with E-state index in [4.69, 9.17) is 21.7 Å². The van der Waals surface area contributed by atoms with Crippen molar-refractivity contribution in [1.82, 2.24) is 9.97 Å². The molecule has 2 rings (SSSR count). The molecular formula is C14H22N2O2S. The van der Waals surface area contributed by atoms with Crippen molar-refractivity contribution in [3.8, 4) is 0 Å². The van der Waals surface area contributed by atoms with Crippen LogP contribution in [0.25, 0.3) is 0 Å². The van der Waals surface area contributed by atoms with Crippen molar-refractivity contribution < 1.29 is 9.47 Å². The Morgan fingerprint density at radius 1 is 1.37 bits per heavy atom. The molecule has 1 aromatic heterocycles. The van der Waals surface area contributed by atoms with Crippen LogP contribution in [0.5, 0.6) is 0 Å². The van der Waals surface area contributed by atoms with Gasteiger partial charge in [0.1, 0.15) is 16.1 Å². The summed E-state index contributed by atoms with van der Waals surface area (Å²) >= 11 is 5.30. The summed E-state index contributed by atoms with van der Waals surface area (Å²) in [6, 6.07) is 1.93. The van der Waals surface area contributed by atoms with Gasteiger partial charge in [0.25, 0.3) is 0 Å². The Morgan fingerprint density at radius 2 is 2.00 bits per heavy atom. The summed E-state index contributed by atoms with van der Waals surface area (Å²) in [5, 5.41) is 0. The van der Waals surface area contributed by atoms with Crippen molar-refractivity contribution in [3.63, 3.8) is 0 Å². The normalized spacial score (nSPS) is 19.4. The second-order valence-electron chi connectivity index (χ2n) is 6.04. The first-order valence-corrected chi connectivity index (χ1v) is 7.03. The highest BCUT2D eigenvalue weighted by atomic mass is 32.1. The monoisotopic (exact) mass is 282 g/mol. The number of ether oxygens (including phenoxy) is 2. The molecule has 0 amide bonds. The molecule has 1 aromatic rings. The minimum absolute atomic E-state index is 0.00531. The zero-order chi connectivity index (χ0) is 14.1. The van der Waals surface area contributed by atoms with Crippen LogP contribution in [0.2, 0.25) is 0 Å². The lowest BCUT2D eigenvalue weighted by Crippen LogP contribution is -2.38. The lowest BCUT2D eigenvalue weighted by molar-refractivity contribution is -0.100. The van der Waals surface area contributed by atoms with Crippen LogP contribution < -0.4 is 0 Å². The maximum absolute atomic E-state index is 5.77. The van der Waals surface area contributed by atoms with Crippen LogP contribution >= 0.6 is 12.2 Å². The van der Waals surface area contributed by atoms with Crippen LogP contribution in [0.3, 0.4) is 0 Å². The van der Waals surface area contributed by atoms with Gasteiger partial charge in [-0.3, -0.25) is 0 Å². The van der Waals surface area contributed by atoms with Crippen molar-refractivity contribution in [2.24, 2.45) is 0 Å². The Bertz CT molecular complexity index is 499. The first-order valence-electron chi connectivity index (χ1n) is 6.63. The van der Waals surface area contributed by atoms with Crippen molar-refractivity contribution in [2.45, 2.75) is 44.6 Å². The maximum atomic E-state index is 5.77. The maximum Gasteiger partial charge on any atom is 0.140 e. The van der Waals surface area contributed by atoms with Gasteiger partial charge in [-0.05, 0) is 6.07 Å². The predicted molar refractivity (Wildman–Crippen MR) is 76.9 cm³/mol. The molecular weight excluding hydrogens is 260 g/mol.